The quantitative estimate of drug-likeness (QED) is 0.521. The Kier molecular flexibility index (Phi) is 9.59. The van der Waals surface area contributed by atoms with E-state index in [4.69, 9.17) is 9.47 Å². The Labute approximate surface area is 111 Å². The average Bonchev–Trinajstić information content (AvgIpc) is 2.22. The molecule has 0 spiro atoms. The van der Waals surface area contributed by atoms with Gasteiger partial charge in [0.1, 0.15) is 0 Å². The fourth-order valence-electron chi connectivity index (χ4n) is 1.91. The van der Waals surface area contributed by atoms with Gasteiger partial charge in [-0.25, -0.2) is 0 Å². The highest BCUT2D eigenvalue weighted by molar-refractivity contribution is 4.74. The highest BCUT2D eigenvalue weighted by atomic mass is 16.5. The molecule has 0 rings (SSSR count). The van der Waals surface area contributed by atoms with Crippen molar-refractivity contribution in [3.8, 4) is 0 Å². The lowest BCUT2D eigenvalue weighted by Gasteiger charge is -2.29. The molecule has 0 aromatic heterocycles. The van der Waals surface area contributed by atoms with Crippen molar-refractivity contribution in [2.24, 2.45) is 5.41 Å². The normalized spacial score (nSPS) is 14.2. The summed E-state index contributed by atoms with van der Waals surface area (Å²) >= 11 is 0. The second kappa shape index (κ2) is 9.69. The number of ether oxygens (including phenoxy) is 2. The minimum absolute atomic E-state index is 0.195. The van der Waals surface area contributed by atoms with Crippen LogP contribution in [0.4, 0.5) is 0 Å². The van der Waals surface area contributed by atoms with Crippen molar-refractivity contribution in [1.82, 2.24) is 10.2 Å². The van der Waals surface area contributed by atoms with Gasteiger partial charge in [-0.2, -0.15) is 0 Å². The fraction of sp³-hybridized carbons (Fsp3) is 1.00. The van der Waals surface area contributed by atoms with E-state index in [1.54, 1.807) is 7.11 Å². The zero-order valence-corrected chi connectivity index (χ0v) is 12.5. The molecule has 0 radical (unpaired) electrons. The van der Waals surface area contributed by atoms with Gasteiger partial charge in [-0.1, -0.05) is 13.8 Å². The molecule has 0 aliphatic rings. The second-order valence-electron chi connectivity index (χ2n) is 5.75. The number of hydrogen-bond donors (Lipinski definition) is 2. The summed E-state index contributed by atoms with van der Waals surface area (Å²) in [6.07, 6.45) is -0.461. The first-order valence-corrected chi connectivity index (χ1v) is 6.47. The molecule has 0 saturated heterocycles. The third kappa shape index (κ3) is 10.9. The maximum absolute atomic E-state index is 9.69. The van der Waals surface area contributed by atoms with Crippen LogP contribution in [-0.4, -0.2) is 76.8 Å². The third-order valence-electron chi connectivity index (χ3n) is 2.47. The molecule has 18 heavy (non-hydrogen) atoms. The van der Waals surface area contributed by atoms with Gasteiger partial charge in [-0.05, 0) is 19.5 Å². The summed E-state index contributed by atoms with van der Waals surface area (Å²) in [5.41, 5.74) is 0.195. The maximum atomic E-state index is 9.69. The molecule has 0 aliphatic carbocycles. The van der Waals surface area contributed by atoms with E-state index in [9.17, 15) is 5.11 Å². The topological polar surface area (TPSA) is 54.0 Å². The van der Waals surface area contributed by atoms with Crippen LogP contribution < -0.4 is 5.32 Å². The standard InChI is InChI=1S/C13H30N2O3/c1-13(2,11-15(3)4)10-14-8-12(16)9-18-7-6-17-5/h12,14,16H,6-11H2,1-5H3. The van der Waals surface area contributed by atoms with E-state index in [1.165, 1.54) is 0 Å². The van der Waals surface area contributed by atoms with Gasteiger partial charge in [0.15, 0.2) is 0 Å². The lowest BCUT2D eigenvalue weighted by molar-refractivity contribution is 0.0130. The van der Waals surface area contributed by atoms with Crippen LogP contribution >= 0.6 is 0 Å². The summed E-state index contributed by atoms with van der Waals surface area (Å²) in [6.45, 7) is 8.31. The number of methoxy groups -OCH3 is 1. The molecule has 0 aliphatic heterocycles. The number of rotatable bonds is 11. The zero-order valence-electron chi connectivity index (χ0n) is 12.5. The van der Waals surface area contributed by atoms with Crippen molar-refractivity contribution < 1.29 is 14.6 Å². The van der Waals surface area contributed by atoms with Crippen LogP contribution in [-0.2, 0) is 9.47 Å². The van der Waals surface area contributed by atoms with E-state index in [-0.39, 0.29) is 5.41 Å². The van der Waals surface area contributed by atoms with Gasteiger partial charge in [-0.3, -0.25) is 0 Å². The smallest absolute Gasteiger partial charge is 0.0897 e. The fourth-order valence-corrected chi connectivity index (χ4v) is 1.91. The molecule has 1 unspecified atom stereocenters. The molecule has 5 heteroatoms. The molecule has 0 amide bonds. The van der Waals surface area contributed by atoms with Gasteiger partial charge in [0.25, 0.3) is 0 Å². The van der Waals surface area contributed by atoms with Gasteiger partial charge in [0.05, 0.1) is 25.9 Å². The molecule has 0 fully saturated rings. The second-order valence-corrected chi connectivity index (χ2v) is 5.75. The largest absolute Gasteiger partial charge is 0.389 e. The van der Waals surface area contributed by atoms with Gasteiger partial charge in [-0.15, -0.1) is 0 Å². The molecule has 5 nitrogen and oxygen atoms in total. The molecule has 0 saturated carbocycles. The van der Waals surface area contributed by atoms with E-state index >= 15 is 0 Å². The van der Waals surface area contributed by atoms with Crippen LogP contribution in [0.3, 0.4) is 0 Å². The predicted octanol–water partition coefficient (Wildman–Crippen LogP) is 0.188. The van der Waals surface area contributed by atoms with Gasteiger partial charge < -0.3 is 24.8 Å². The molecule has 0 heterocycles. The van der Waals surface area contributed by atoms with Crippen LogP contribution in [0, 0.1) is 5.41 Å². The van der Waals surface area contributed by atoms with Gasteiger partial charge in [0, 0.05) is 26.7 Å². The number of hydrogen-bond acceptors (Lipinski definition) is 5. The minimum atomic E-state index is -0.461. The molecule has 2 N–H and O–H groups in total. The number of nitrogens with one attached hydrogen (secondary N) is 1. The zero-order chi connectivity index (χ0) is 14.0. The Hall–Kier alpha value is -0.200. The Bertz CT molecular complexity index is 199. The first-order chi connectivity index (χ1) is 8.37. The third-order valence-corrected chi connectivity index (χ3v) is 2.47. The summed E-state index contributed by atoms with van der Waals surface area (Å²) in [5, 5.41) is 13.0. The highest BCUT2D eigenvalue weighted by Gasteiger charge is 2.18. The first-order valence-electron chi connectivity index (χ1n) is 6.47. The van der Waals surface area contributed by atoms with Crippen LogP contribution in [0.2, 0.25) is 0 Å². The summed E-state index contributed by atoms with van der Waals surface area (Å²) in [5.74, 6) is 0. The van der Waals surface area contributed by atoms with Crippen molar-refractivity contribution in [3.63, 3.8) is 0 Å². The SMILES string of the molecule is COCCOCC(O)CNCC(C)(C)CN(C)C. The Morgan fingerprint density at radius 1 is 1.28 bits per heavy atom. The number of nitrogens with zero attached hydrogens (tertiary/aromatic N) is 1. The van der Waals surface area contributed by atoms with E-state index in [0.717, 1.165) is 13.1 Å². The summed E-state index contributed by atoms with van der Waals surface area (Å²) in [6, 6.07) is 0. The lowest BCUT2D eigenvalue weighted by atomic mass is 9.93. The van der Waals surface area contributed by atoms with Crippen molar-refractivity contribution >= 4 is 0 Å². The van der Waals surface area contributed by atoms with E-state index < -0.39 is 6.10 Å². The van der Waals surface area contributed by atoms with Gasteiger partial charge in [0.2, 0.25) is 0 Å². The Balaban J connectivity index is 3.57. The van der Waals surface area contributed by atoms with E-state index in [1.807, 2.05) is 0 Å². The molecule has 0 aromatic rings. The van der Waals surface area contributed by atoms with Crippen LogP contribution in [0.5, 0.6) is 0 Å². The van der Waals surface area contributed by atoms with Crippen molar-refractivity contribution in [3.05, 3.63) is 0 Å². The molecule has 1 atom stereocenters. The Morgan fingerprint density at radius 2 is 1.94 bits per heavy atom. The first kappa shape index (κ1) is 17.8. The summed E-state index contributed by atoms with van der Waals surface area (Å²) in [7, 11) is 5.77. The monoisotopic (exact) mass is 262 g/mol. The number of aliphatic hydroxyl groups excluding tert-OH is 1. The van der Waals surface area contributed by atoms with Crippen molar-refractivity contribution in [2.45, 2.75) is 20.0 Å². The predicted molar refractivity (Wildman–Crippen MR) is 73.9 cm³/mol. The molecule has 0 aromatic carbocycles. The lowest BCUT2D eigenvalue weighted by Crippen LogP contribution is -2.41. The average molecular weight is 262 g/mol. The van der Waals surface area contributed by atoms with E-state index in [2.05, 4.69) is 38.2 Å². The maximum Gasteiger partial charge on any atom is 0.0897 e. The van der Waals surface area contributed by atoms with Gasteiger partial charge >= 0.3 is 0 Å². The molecule has 0 bridgehead atoms. The number of aliphatic hydroxyl groups is 1. The minimum Gasteiger partial charge on any atom is -0.389 e. The molecular formula is C13H30N2O3. The van der Waals surface area contributed by atoms with Crippen molar-refractivity contribution in [2.75, 3.05) is 60.7 Å². The van der Waals surface area contributed by atoms with E-state index in [0.29, 0.717) is 26.4 Å². The molecular weight excluding hydrogens is 232 g/mol. The van der Waals surface area contributed by atoms with Crippen LogP contribution in [0.15, 0.2) is 0 Å². The Morgan fingerprint density at radius 3 is 2.50 bits per heavy atom. The molecule has 110 valence electrons. The van der Waals surface area contributed by atoms with Crippen molar-refractivity contribution in [1.29, 1.82) is 0 Å². The highest BCUT2D eigenvalue weighted by Crippen LogP contribution is 2.13. The summed E-state index contributed by atoms with van der Waals surface area (Å²) < 4.78 is 10.1. The summed E-state index contributed by atoms with van der Waals surface area (Å²) in [4.78, 5) is 2.17. The van der Waals surface area contributed by atoms with Crippen LogP contribution in [0.1, 0.15) is 13.8 Å². The van der Waals surface area contributed by atoms with Crippen LogP contribution in [0.25, 0.3) is 0 Å².